The minimum atomic E-state index is -1.45. The zero-order valence-electron chi connectivity index (χ0n) is 13.0. The molecule has 1 aliphatic heterocycles. The van der Waals surface area contributed by atoms with Crippen molar-refractivity contribution in [2.45, 2.75) is 31.4 Å². The lowest BCUT2D eigenvalue weighted by atomic mass is 9.88. The largest absolute Gasteiger partial charge is 0.342 e. The molecule has 0 saturated carbocycles. The fourth-order valence-electron chi connectivity index (χ4n) is 2.92. The maximum atomic E-state index is 15.0. The predicted molar refractivity (Wildman–Crippen MR) is 83.3 cm³/mol. The summed E-state index contributed by atoms with van der Waals surface area (Å²) >= 11 is 0. The van der Waals surface area contributed by atoms with Crippen LogP contribution < -0.4 is 0 Å². The van der Waals surface area contributed by atoms with Crippen molar-refractivity contribution in [3.63, 3.8) is 0 Å². The molecule has 6 heteroatoms. The summed E-state index contributed by atoms with van der Waals surface area (Å²) in [5.74, 6) is -0.332. The maximum Gasteiger partial charge on any atom is 0.229 e. The molecule has 0 N–H and O–H groups in total. The number of pyridine rings is 1. The lowest BCUT2D eigenvalue weighted by Gasteiger charge is -2.37. The number of halogens is 1. The van der Waals surface area contributed by atoms with Gasteiger partial charge in [-0.25, -0.2) is 14.4 Å². The van der Waals surface area contributed by atoms with Gasteiger partial charge in [0.2, 0.25) is 5.91 Å². The van der Waals surface area contributed by atoms with Gasteiger partial charge in [-0.2, -0.15) is 0 Å². The summed E-state index contributed by atoms with van der Waals surface area (Å²) in [5, 5.41) is 0. The molecule has 0 spiro atoms. The molecule has 1 fully saturated rings. The van der Waals surface area contributed by atoms with Gasteiger partial charge in [0.25, 0.3) is 0 Å². The summed E-state index contributed by atoms with van der Waals surface area (Å²) in [4.78, 5) is 26.3. The Morgan fingerprint density at radius 1 is 1.26 bits per heavy atom. The average Bonchev–Trinajstić information content (AvgIpc) is 2.63. The quantitative estimate of drug-likeness (QED) is 0.873. The second-order valence-electron chi connectivity index (χ2n) is 5.90. The molecule has 1 aliphatic rings. The number of piperidine rings is 1. The Morgan fingerprint density at radius 3 is 2.57 bits per heavy atom. The van der Waals surface area contributed by atoms with Gasteiger partial charge >= 0.3 is 0 Å². The Bertz CT molecular complexity index is 657. The molecule has 1 amide bonds. The van der Waals surface area contributed by atoms with Gasteiger partial charge in [-0.15, -0.1) is 0 Å². The van der Waals surface area contributed by atoms with Crippen LogP contribution in [0.2, 0.25) is 0 Å². The predicted octanol–water partition coefficient (Wildman–Crippen LogP) is 2.46. The maximum absolute atomic E-state index is 15.0. The van der Waals surface area contributed by atoms with Crippen molar-refractivity contribution in [1.82, 2.24) is 19.9 Å². The van der Waals surface area contributed by atoms with Crippen molar-refractivity contribution in [2.75, 3.05) is 13.1 Å². The first-order chi connectivity index (χ1) is 11.1. The van der Waals surface area contributed by atoms with Crippen molar-refractivity contribution in [1.29, 1.82) is 0 Å². The van der Waals surface area contributed by atoms with Gasteiger partial charge in [-0.05, 0) is 19.1 Å². The fourth-order valence-corrected chi connectivity index (χ4v) is 2.92. The summed E-state index contributed by atoms with van der Waals surface area (Å²) in [6.07, 6.45) is 6.87. The van der Waals surface area contributed by atoms with Crippen LogP contribution in [0.3, 0.4) is 0 Å². The number of nitrogens with zero attached hydrogens (tertiary/aromatic N) is 4. The topological polar surface area (TPSA) is 59.0 Å². The van der Waals surface area contributed by atoms with Crippen LogP contribution in [0.4, 0.5) is 4.39 Å². The van der Waals surface area contributed by atoms with Crippen LogP contribution in [-0.4, -0.2) is 38.8 Å². The molecule has 0 radical (unpaired) electrons. The van der Waals surface area contributed by atoms with E-state index >= 15 is 4.39 Å². The highest BCUT2D eigenvalue weighted by atomic mass is 19.1. The Morgan fingerprint density at radius 2 is 1.96 bits per heavy atom. The van der Waals surface area contributed by atoms with Crippen LogP contribution >= 0.6 is 0 Å². The zero-order valence-corrected chi connectivity index (χ0v) is 13.0. The van der Waals surface area contributed by atoms with E-state index in [9.17, 15) is 4.79 Å². The van der Waals surface area contributed by atoms with Crippen LogP contribution in [0.25, 0.3) is 0 Å². The number of aromatic nitrogens is 3. The number of hydrogen-bond acceptors (Lipinski definition) is 4. The number of likely N-dealkylation sites (tertiary alicyclic amines) is 1. The van der Waals surface area contributed by atoms with Gasteiger partial charge in [0.15, 0.2) is 5.67 Å². The molecule has 0 bridgehead atoms. The van der Waals surface area contributed by atoms with Gasteiger partial charge in [0, 0.05) is 50.1 Å². The molecule has 3 rings (SSSR count). The van der Waals surface area contributed by atoms with Gasteiger partial charge in [0.1, 0.15) is 6.33 Å². The second-order valence-corrected chi connectivity index (χ2v) is 5.90. The Balaban J connectivity index is 1.66. The van der Waals surface area contributed by atoms with Gasteiger partial charge in [-0.1, -0.05) is 6.07 Å². The van der Waals surface area contributed by atoms with E-state index in [1.807, 2.05) is 6.92 Å². The van der Waals surface area contributed by atoms with Crippen molar-refractivity contribution < 1.29 is 9.18 Å². The Labute approximate surface area is 134 Å². The monoisotopic (exact) mass is 314 g/mol. The zero-order chi connectivity index (χ0) is 16.3. The summed E-state index contributed by atoms with van der Waals surface area (Å²) in [6.45, 7) is 2.62. The minimum absolute atomic E-state index is 0.0112. The third-order valence-electron chi connectivity index (χ3n) is 4.44. The van der Waals surface area contributed by atoms with E-state index in [1.54, 1.807) is 41.7 Å². The van der Waals surface area contributed by atoms with E-state index in [0.29, 0.717) is 18.8 Å². The molecule has 23 heavy (non-hydrogen) atoms. The van der Waals surface area contributed by atoms with Crippen LogP contribution in [0, 0.1) is 0 Å². The standard InChI is InChI=1S/C17H19FN4O/c1-13(14-10-19-12-20-11-14)16(23)22-8-5-17(18,6-9-22)15-4-2-3-7-21-15/h2-4,7,10-13H,5-6,8-9H2,1H3. The van der Waals surface area contributed by atoms with Gasteiger partial charge < -0.3 is 4.90 Å². The molecular weight excluding hydrogens is 295 g/mol. The van der Waals surface area contributed by atoms with Gasteiger partial charge in [-0.3, -0.25) is 9.78 Å². The van der Waals surface area contributed by atoms with E-state index in [-0.39, 0.29) is 24.7 Å². The smallest absolute Gasteiger partial charge is 0.229 e. The first-order valence-corrected chi connectivity index (χ1v) is 7.74. The van der Waals surface area contributed by atoms with Crippen molar-refractivity contribution in [3.05, 3.63) is 54.4 Å². The fraction of sp³-hybridized carbons (Fsp3) is 0.412. The number of rotatable bonds is 3. The molecular formula is C17H19FN4O. The van der Waals surface area contributed by atoms with Crippen LogP contribution in [0.5, 0.6) is 0 Å². The summed E-state index contributed by atoms with van der Waals surface area (Å²) in [5.41, 5.74) is -0.215. The summed E-state index contributed by atoms with van der Waals surface area (Å²) in [6, 6.07) is 5.27. The molecule has 2 aromatic rings. The van der Waals surface area contributed by atoms with Crippen molar-refractivity contribution in [3.8, 4) is 0 Å². The number of carbonyl (C=O) groups is 1. The first kappa shape index (κ1) is 15.5. The van der Waals surface area contributed by atoms with Gasteiger partial charge in [0.05, 0.1) is 11.6 Å². The number of carbonyl (C=O) groups excluding carboxylic acids is 1. The highest BCUT2D eigenvalue weighted by Gasteiger charge is 2.39. The van der Waals surface area contributed by atoms with Crippen molar-refractivity contribution >= 4 is 5.91 Å². The molecule has 1 unspecified atom stereocenters. The Kier molecular flexibility index (Phi) is 4.32. The summed E-state index contributed by atoms with van der Waals surface area (Å²) < 4.78 is 15.0. The number of alkyl halides is 1. The Hall–Kier alpha value is -2.37. The van der Waals surface area contributed by atoms with Crippen LogP contribution in [0.15, 0.2) is 43.1 Å². The van der Waals surface area contributed by atoms with Crippen LogP contribution in [0.1, 0.15) is 36.9 Å². The van der Waals surface area contributed by atoms with E-state index < -0.39 is 5.67 Å². The lowest BCUT2D eigenvalue weighted by molar-refractivity contribution is -0.135. The third-order valence-corrected chi connectivity index (χ3v) is 4.44. The van der Waals surface area contributed by atoms with Crippen LogP contribution in [-0.2, 0) is 10.5 Å². The minimum Gasteiger partial charge on any atom is -0.342 e. The summed E-state index contributed by atoms with van der Waals surface area (Å²) in [7, 11) is 0. The highest BCUT2D eigenvalue weighted by Crippen LogP contribution is 2.36. The third kappa shape index (κ3) is 3.21. The second kappa shape index (κ2) is 6.40. The highest BCUT2D eigenvalue weighted by molar-refractivity contribution is 5.83. The number of hydrogen-bond donors (Lipinski definition) is 0. The SMILES string of the molecule is CC(C(=O)N1CCC(F)(c2ccccn2)CC1)c1cncnc1. The first-order valence-electron chi connectivity index (χ1n) is 7.74. The molecule has 120 valence electrons. The lowest BCUT2D eigenvalue weighted by Crippen LogP contribution is -2.45. The number of amides is 1. The molecule has 1 atom stereocenters. The molecule has 5 nitrogen and oxygen atoms in total. The molecule has 0 aliphatic carbocycles. The normalized spacial score (nSPS) is 18.4. The van der Waals surface area contributed by atoms with E-state index in [4.69, 9.17) is 0 Å². The molecule has 2 aromatic heterocycles. The molecule has 1 saturated heterocycles. The average molecular weight is 314 g/mol. The molecule has 0 aromatic carbocycles. The van der Waals surface area contributed by atoms with E-state index in [0.717, 1.165) is 5.56 Å². The van der Waals surface area contributed by atoms with E-state index in [2.05, 4.69) is 15.0 Å². The van der Waals surface area contributed by atoms with E-state index in [1.165, 1.54) is 6.33 Å². The molecule has 3 heterocycles. The van der Waals surface area contributed by atoms with Crippen molar-refractivity contribution in [2.24, 2.45) is 0 Å².